The quantitative estimate of drug-likeness (QED) is 0.286. The van der Waals surface area contributed by atoms with Gasteiger partial charge in [0.1, 0.15) is 12.2 Å². The fourth-order valence-corrected chi connectivity index (χ4v) is 9.90. The molecule has 0 bridgehead atoms. The molecule has 12 unspecified atom stereocenters. The summed E-state index contributed by atoms with van der Waals surface area (Å²) in [5.41, 5.74) is -2.77. The Labute approximate surface area is 233 Å². The zero-order chi connectivity index (χ0) is 28.5. The van der Waals surface area contributed by atoms with Crippen molar-refractivity contribution in [3.05, 3.63) is 34.4 Å². The highest BCUT2D eigenvalue weighted by molar-refractivity contribution is 5.28. The molecule has 1 aliphatic heterocycles. The van der Waals surface area contributed by atoms with Crippen LogP contribution < -0.4 is 5.63 Å². The molecule has 6 N–H and O–H groups in total. The van der Waals surface area contributed by atoms with Gasteiger partial charge in [-0.1, -0.05) is 6.92 Å². The molecule has 1 aromatic heterocycles. The Morgan fingerprint density at radius 2 is 1.77 bits per heavy atom. The fourth-order valence-electron chi connectivity index (χ4n) is 9.90. The molecule has 0 aromatic carbocycles. The van der Waals surface area contributed by atoms with Crippen LogP contribution in [0.4, 0.5) is 0 Å². The molecule has 5 fully saturated rings. The largest absolute Gasteiger partial charge is 0.431 e. The maximum absolute atomic E-state index is 12.4. The summed E-state index contributed by atoms with van der Waals surface area (Å²) in [4.78, 5) is 11.6. The third kappa shape index (κ3) is 4.09. The first-order chi connectivity index (χ1) is 19.0. The average Bonchev–Trinajstić information content (AvgIpc) is 3.21. The van der Waals surface area contributed by atoms with E-state index in [0.29, 0.717) is 38.5 Å². The molecule has 2 heterocycles. The van der Waals surface area contributed by atoms with E-state index in [4.69, 9.17) is 13.9 Å². The standard InChI is InChI=1S/C30H44O10/c1-27-8-5-20-21(30(27,37)11-7-19(27)17-2-3-24(34)38-15-17)6-10-29(36)13-18(4-9-28(20,29)16-32)39-25-12-22(33)26(35)23(14-31)40-25/h2-3,15,18-23,25-26,31-33,35-37H,4-14,16H2,1H3. The average molecular weight is 565 g/mol. The number of rotatable bonds is 5. The molecule has 10 nitrogen and oxygen atoms in total. The monoisotopic (exact) mass is 564 g/mol. The van der Waals surface area contributed by atoms with Crippen LogP contribution in [0, 0.1) is 22.7 Å². The van der Waals surface area contributed by atoms with Crippen LogP contribution in [-0.2, 0) is 9.47 Å². The molecule has 40 heavy (non-hydrogen) atoms. The molecule has 10 heteroatoms. The van der Waals surface area contributed by atoms with E-state index in [-0.39, 0.29) is 42.5 Å². The molecule has 224 valence electrons. The summed E-state index contributed by atoms with van der Waals surface area (Å²) >= 11 is 0. The Balaban J connectivity index is 1.21. The second kappa shape index (κ2) is 10.1. The molecular formula is C30H44O10. The van der Waals surface area contributed by atoms with Gasteiger partial charge in [0.15, 0.2) is 6.29 Å². The second-order valence-corrected chi connectivity index (χ2v) is 13.5. The summed E-state index contributed by atoms with van der Waals surface area (Å²) in [7, 11) is 0. The first-order valence-electron chi connectivity index (χ1n) is 14.9. The zero-order valence-electron chi connectivity index (χ0n) is 23.2. The van der Waals surface area contributed by atoms with Crippen LogP contribution in [0.5, 0.6) is 0 Å². The van der Waals surface area contributed by atoms with Gasteiger partial charge in [0.2, 0.25) is 0 Å². The van der Waals surface area contributed by atoms with Crippen LogP contribution in [-0.4, -0.2) is 85.8 Å². The third-order valence-corrected chi connectivity index (χ3v) is 12.1. The molecule has 4 saturated carbocycles. The van der Waals surface area contributed by atoms with Crippen molar-refractivity contribution in [2.75, 3.05) is 13.2 Å². The smallest absolute Gasteiger partial charge is 0.335 e. The van der Waals surface area contributed by atoms with Crippen LogP contribution in [0.3, 0.4) is 0 Å². The lowest BCUT2D eigenvalue weighted by Gasteiger charge is -2.66. The maximum atomic E-state index is 12.4. The summed E-state index contributed by atoms with van der Waals surface area (Å²) in [6, 6.07) is 3.25. The lowest BCUT2D eigenvalue weighted by molar-refractivity contribution is -0.300. The van der Waals surface area contributed by atoms with Gasteiger partial charge in [-0.2, -0.15) is 0 Å². The molecule has 4 aliphatic carbocycles. The van der Waals surface area contributed by atoms with Crippen molar-refractivity contribution in [1.82, 2.24) is 0 Å². The highest BCUT2D eigenvalue weighted by atomic mass is 16.7. The van der Waals surface area contributed by atoms with Crippen LogP contribution in [0.15, 0.2) is 27.6 Å². The normalized spacial score (nSPS) is 50.6. The van der Waals surface area contributed by atoms with Crippen LogP contribution in [0.2, 0.25) is 0 Å². The Morgan fingerprint density at radius 1 is 1.00 bits per heavy atom. The minimum Gasteiger partial charge on any atom is -0.431 e. The van der Waals surface area contributed by atoms with Crippen molar-refractivity contribution in [2.45, 2.75) is 119 Å². The molecule has 0 amide bonds. The van der Waals surface area contributed by atoms with Crippen LogP contribution in [0.25, 0.3) is 0 Å². The highest BCUT2D eigenvalue weighted by Gasteiger charge is 2.71. The van der Waals surface area contributed by atoms with Gasteiger partial charge in [0, 0.05) is 29.7 Å². The minimum atomic E-state index is -1.18. The summed E-state index contributed by atoms with van der Waals surface area (Å²) in [5.74, 6) is -0.0604. The van der Waals surface area contributed by atoms with Gasteiger partial charge in [-0.15, -0.1) is 0 Å². The maximum Gasteiger partial charge on any atom is 0.335 e. The summed E-state index contributed by atoms with van der Waals surface area (Å²) in [6.07, 6.45) is 2.64. The number of fused-ring (bicyclic) bond motifs is 5. The van der Waals surface area contributed by atoms with Gasteiger partial charge >= 0.3 is 5.63 Å². The summed E-state index contributed by atoms with van der Waals surface area (Å²) in [5, 5.41) is 65.3. The topological polar surface area (TPSA) is 170 Å². The van der Waals surface area contributed by atoms with Crippen molar-refractivity contribution in [3.63, 3.8) is 0 Å². The van der Waals surface area contributed by atoms with Gasteiger partial charge in [-0.25, -0.2) is 4.79 Å². The van der Waals surface area contributed by atoms with E-state index in [9.17, 15) is 35.4 Å². The molecule has 0 spiro atoms. The lowest BCUT2D eigenvalue weighted by atomic mass is 9.41. The molecule has 1 aromatic rings. The van der Waals surface area contributed by atoms with Crippen molar-refractivity contribution < 1.29 is 44.5 Å². The van der Waals surface area contributed by atoms with Gasteiger partial charge < -0.3 is 44.5 Å². The van der Waals surface area contributed by atoms with E-state index in [0.717, 1.165) is 24.8 Å². The molecule has 6 rings (SSSR count). The Kier molecular flexibility index (Phi) is 7.27. The summed E-state index contributed by atoms with van der Waals surface area (Å²) in [6.45, 7) is 1.54. The number of aliphatic hydroxyl groups is 6. The van der Waals surface area contributed by atoms with Crippen molar-refractivity contribution in [3.8, 4) is 0 Å². The van der Waals surface area contributed by atoms with Crippen LogP contribution >= 0.6 is 0 Å². The minimum absolute atomic E-state index is 0.0515. The van der Waals surface area contributed by atoms with E-state index in [1.165, 1.54) is 12.3 Å². The molecule has 5 aliphatic rings. The predicted molar refractivity (Wildman–Crippen MR) is 141 cm³/mol. The number of hydrogen-bond acceptors (Lipinski definition) is 10. The van der Waals surface area contributed by atoms with Gasteiger partial charge in [-0.3, -0.25) is 0 Å². The number of ether oxygens (including phenoxy) is 2. The van der Waals surface area contributed by atoms with Crippen molar-refractivity contribution in [1.29, 1.82) is 0 Å². The lowest BCUT2D eigenvalue weighted by Crippen LogP contribution is -2.69. The molecule has 1 saturated heterocycles. The molecule has 12 atom stereocenters. The zero-order valence-corrected chi connectivity index (χ0v) is 23.2. The molecule has 0 radical (unpaired) electrons. The van der Waals surface area contributed by atoms with Crippen LogP contribution in [0.1, 0.15) is 82.6 Å². The number of hydrogen-bond donors (Lipinski definition) is 6. The first kappa shape index (κ1) is 28.7. The van der Waals surface area contributed by atoms with Crippen molar-refractivity contribution >= 4 is 0 Å². The van der Waals surface area contributed by atoms with Crippen molar-refractivity contribution in [2.24, 2.45) is 22.7 Å². The number of aliphatic hydroxyl groups excluding tert-OH is 4. The van der Waals surface area contributed by atoms with Gasteiger partial charge in [0.25, 0.3) is 0 Å². The Bertz CT molecular complexity index is 1120. The van der Waals surface area contributed by atoms with Gasteiger partial charge in [-0.05, 0) is 80.8 Å². The summed E-state index contributed by atoms with van der Waals surface area (Å²) < 4.78 is 17.0. The van der Waals surface area contributed by atoms with E-state index in [1.54, 1.807) is 0 Å². The molecular weight excluding hydrogens is 520 g/mol. The third-order valence-electron chi connectivity index (χ3n) is 12.1. The van der Waals surface area contributed by atoms with E-state index in [2.05, 4.69) is 6.92 Å². The SMILES string of the molecule is CC12CCC3C(CCC4(O)CC(OC5CC(O)C(O)C(CO)O5)CCC34CO)C1(O)CCC2c1ccc(=O)oc1. The fraction of sp³-hybridized carbons (Fsp3) is 0.833. The van der Waals surface area contributed by atoms with Gasteiger partial charge in [0.05, 0.1) is 42.9 Å². The van der Waals surface area contributed by atoms with E-state index in [1.807, 2.05) is 6.07 Å². The van der Waals surface area contributed by atoms with E-state index >= 15 is 0 Å². The first-order valence-corrected chi connectivity index (χ1v) is 14.9. The highest BCUT2D eigenvalue weighted by Crippen LogP contribution is 2.71. The Morgan fingerprint density at radius 3 is 2.48 bits per heavy atom. The Hall–Kier alpha value is -1.37. The second-order valence-electron chi connectivity index (χ2n) is 13.5. The predicted octanol–water partition coefficient (Wildman–Crippen LogP) is 1.18. The van der Waals surface area contributed by atoms with E-state index < -0.39 is 53.2 Å².